The van der Waals surface area contributed by atoms with E-state index in [4.69, 9.17) is 14.2 Å². The van der Waals surface area contributed by atoms with Crippen LogP contribution in [0.2, 0.25) is 0 Å². The SMILES string of the molecule is CCCCC[C@H]1CC[C@H](OC(=O)C2(C)COC([C@H]3CC[C@H](CCC)CC3)OC2)CC1. The van der Waals surface area contributed by atoms with Crippen molar-refractivity contribution in [3.05, 3.63) is 0 Å². The van der Waals surface area contributed by atoms with E-state index in [1.54, 1.807) is 0 Å². The Morgan fingerprint density at radius 2 is 1.43 bits per heavy atom. The van der Waals surface area contributed by atoms with Gasteiger partial charge in [-0.15, -0.1) is 0 Å². The van der Waals surface area contributed by atoms with Gasteiger partial charge in [-0.05, 0) is 70.1 Å². The van der Waals surface area contributed by atoms with Gasteiger partial charge in [0, 0.05) is 5.92 Å². The highest BCUT2D eigenvalue weighted by Gasteiger charge is 2.44. The lowest BCUT2D eigenvalue weighted by Crippen LogP contribution is -2.49. The summed E-state index contributed by atoms with van der Waals surface area (Å²) in [5.41, 5.74) is -0.659. The number of rotatable bonds is 9. The van der Waals surface area contributed by atoms with E-state index in [0.29, 0.717) is 19.1 Å². The van der Waals surface area contributed by atoms with Crippen LogP contribution in [0.15, 0.2) is 0 Å². The summed E-state index contributed by atoms with van der Waals surface area (Å²) in [6.45, 7) is 7.34. The molecule has 1 aliphatic heterocycles. The zero-order valence-electron chi connectivity index (χ0n) is 19.8. The number of carbonyl (C=O) groups is 1. The van der Waals surface area contributed by atoms with Crippen LogP contribution in [-0.2, 0) is 19.0 Å². The van der Waals surface area contributed by atoms with Crippen LogP contribution in [0.4, 0.5) is 0 Å². The second-order valence-electron chi connectivity index (χ2n) is 10.7. The fraction of sp³-hybridized carbons (Fsp3) is 0.962. The molecule has 1 saturated heterocycles. The Bertz CT molecular complexity index is 495. The van der Waals surface area contributed by atoms with E-state index in [1.165, 1.54) is 77.0 Å². The molecule has 2 saturated carbocycles. The molecular weight excluding hydrogens is 376 g/mol. The highest BCUT2D eigenvalue weighted by Crippen LogP contribution is 2.38. The van der Waals surface area contributed by atoms with E-state index >= 15 is 0 Å². The van der Waals surface area contributed by atoms with Crippen LogP contribution in [0, 0.1) is 23.2 Å². The van der Waals surface area contributed by atoms with Crippen molar-refractivity contribution >= 4 is 5.97 Å². The Kier molecular flexibility index (Phi) is 9.50. The van der Waals surface area contributed by atoms with Gasteiger partial charge in [0.15, 0.2) is 6.29 Å². The van der Waals surface area contributed by atoms with Crippen molar-refractivity contribution < 1.29 is 19.0 Å². The summed E-state index contributed by atoms with van der Waals surface area (Å²) >= 11 is 0. The Morgan fingerprint density at radius 3 is 2.03 bits per heavy atom. The Balaban J connectivity index is 1.36. The number of ether oxygens (including phenoxy) is 3. The second-order valence-corrected chi connectivity index (χ2v) is 10.7. The summed E-state index contributed by atoms with van der Waals surface area (Å²) in [5.74, 6) is 2.08. The molecule has 0 N–H and O–H groups in total. The molecule has 30 heavy (non-hydrogen) atoms. The average molecular weight is 423 g/mol. The van der Waals surface area contributed by atoms with Crippen LogP contribution in [0.25, 0.3) is 0 Å². The van der Waals surface area contributed by atoms with Gasteiger partial charge in [-0.2, -0.15) is 0 Å². The van der Waals surface area contributed by atoms with E-state index in [2.05, 4.69) is 13.8 Å². The molecule has 4 nitrogen and oxygen atoms in total. The maximum absolute atomic E-state index is 12.9. The summed E-state index contributed by atoms with van der Waals surface area (Å²) < 4.78 is 18.1. The predicted octanol–water partition coefficient (Wildman–Crippen LogP) is 6.65. The third kappa shape index (κ3) is 6.69. The zero-order chi connectivity index (χ0) is 21.4. The fourth-order valence-corrected chi connectivity index (χ4v) is 5.68. The number of hydrogen-bond acceptors (Lipinski definition) is 4. The first-order valence-electron chi connectivity index (χ1n) is 13.0. The topological polar surface area (TPSA) is 44.8 Å². The van der Waals surface area contributed by atoms with Crippen LogP contribution in [0.5, 0.6) is 0 Å². The Morgan fingerprint density at radius 1 is 0.833 bits per heavy atom. The molecule has 0 amide bonds. The lowest BCUT2D eigenvalue weighted by Gasteiger charge is -2.41. The molecule has 2 aliphatic carbocycles. The van der Waals surface area contributed by atoms with Gasteiger partial charge in [0.05, 0.1) is 13.2 Å². The van der Waals surface area contributed by atoms with Crippen molar-refractivity contribution in [3.8, 4) is 0 Å². The van der Waals surface area contributed by atoms with Crippen LogP contribution >= 0.6 is 0 Å². The molecular formula is C26H46O4. The fourth-order valence-electron chi connectivity index (χ4n) is 5.68. The molecule has 0 radical (unpaired) electrons. The van der Waals surface area contributed by atoms with Crippen molar-refractivity contribution in [1.82, 2.24) is 0 Å². The first kappa shape index (κ1) is 24.0. The molecule has 0 bridgehead atoms. The largest absolute Gasteiger partial charge is 0.462 e. The van der Waals surface area contributed by atoms with Crippen molar-refractivity contribution in [2.75, 3.05) is 13.2 Å². The monoisotopic (exact) mass is 422 g/mol. The molecule has 0 atom stereocenters. The van der Waals surface area contributed by atoms with Gasteiger partial charge in [0.2, 0.25) is 0 Å². The first-order valence-corrected chi connectivity index (χ1v) is 13.0. The molecule has 1 heterocycles. The van der Waals surface area contributed by atoms with Crippen molar-refractivity contribution in [3.63, 3.8) is 0 Å². The van der Waals surface area contributed by atoms with Gasteiger partial charge in [0.1, 0.15) is 11.5 Å². The smallest absolute Gasteiger partial charge is 0.316 e. The highest BCUT2D eigenvalue weighted by atomic mass is 16.7. The maximum Gasteiger partial charge on any atom is 0.316 e. The summed E-state index contributed by atoms with van der Waals surface area (Å²) in [6.07, 6.45) is 17.3. The minimum Gasteiger partial charge on any atom is -0.462 e. The van der Waals surface area contributed by atoms with Gasteiger partial charge >= 0.3 is 5.97 Å². The lowest BCUT2D eigenvalue weighted by molar-refractivity contribution is -0.254. The second kappa shape index (κ2) is 11.9. The minimum absolute atomic E-state index is 0.0864. The van der Waals surface area contributed by atoms with Crippen LogP contribution in [-0.4, -0.2) is 31.6 Å². The molecule has 3 aliphatic rings. The van der Waals surface area contributed by atoms with E-state index in [0.717, 1.165) is 24.7 Å². The van der Waals surface area contributed by atoms with E-state index in [1.807, 2.05) is 6.92 Å². The molecule has 0 unspecified atom stereocenters. The van der Waals surface area contributed by atoms with Crippen molar-refractivity contribution in [2.45, 2.75) is 123 Å². The van der Waals surface area contributed by atoms with E-state index in [-0.39, 0.29) is 18.4 Å². The number of unbranched alkanes of at least 4 members (excludes halogenated alkanes) is 2. The third-order valence-corrected chi connectivity index (χ3v) is 7.88. The molecule has 0 aromatic carbocycles. The summed E-state index contributed by atoms with van der Waals surface area (Å²) in [5, 5.41) is 0. The highest BCUT2D eigenvalue weighted by molar-refractivity contribution is 5.77. The summed E-state index contributed by atoms with van der Waals surface area (Å²) in [6, 6.07) is 0. The van der Waals surface area contributed by atoms with E-state index < -0.39 is 5.41 Å². The van der Waals surface area contributed by atoms with E-state index in [9.17, 15) is 4.79 Å². The Hall–Kier alpha value is -0.610. The standard InChI is InChI=1S/C26H46O4/c1-4-6-7-9-21-12-16-23(17-13-21)30-25(27)26(3)18-28-24(29-19-26)22-14-10-20(8-5-2)11-15-22/h20-24H,4-19H2,1-3H3/t20-,21-,22-,23-,24?,26?. The summed E-state index contributed by atoms with van der Waals surface area (Å²) in [7, 11) is 0. The summed E-state index contributed by atoms with van der Waals surface area (Å²) in [4.78, 5) is 12.9. The van der Waals surface area contributed by atoms with Crippen LogP contribution < -0.4 is 0 Å². The van der Waals surface area contributed by atoms with Gasteiger partial charge < -0.3 is 14.2 Å². The third-order valence-electron chi connectivity index (χ3n) is 7.88. The molecule has 0 aromatic rings. The maximum atomic E-state index is 12.9. The van der Waals surface area contributed by atoms with Gasteiger partial charge in [0.25, 0.3) is 0 Å². The zero-order valence-corrected chi connectivity index (χ0v) is 19.8. The van der Waals surface area contributed by atoms with Crippen molar-refractivity contribution in [1.29, 1.82) is 0 Å². The molecule has 4 heteroatoms. The lowest BCUT2D eigenvalue weighted by atomic mass is 9.79. The van der Waals surface area contributed by atoms with Gasteiger partial charge in [-0.3, -0.25) is 4.79 Å². The molecule has 0 aromatic heterocycles. The number of carbonyl (C=O) groups excluding carboxylic acids is 1. The Labute approximate surface area is 184 Å². The quantitative estimate of drug-likeness (QED) is 0.308. The van der Waals surface area contributed by atoms with Gasteiger partial charge in [-0.25, -0.2) is 0 Å². The van der Waals surface area contributed by atoms with Crippen molar-refractivity contribution in [2.24, 2.45) is 23.2 Å². The molecule has 3 rings (SSSR count). The average Bonchev–Trinajstić information content (AvgIpc) is 2.76. The number of hydrogen-bond donors (Lipinski definition) is 0. The van der Waals surface area contributed by atoms with Crippen LogP contribution in [0.3, 0.4) is 0 Å². The normalized spacial score (nSPS) is 37.6. The van der Waals surface area contributed by atoms with Gasteiger partial charge in [-0.1, -0.05) is 52.4 Å². The molecule has 174 valence electrons. The first-order chi connectivity index (χ1) is 14.5. The van der Waals surface area contributed by atoms with Crippen LogP contribution in [0.1, 0.15) is 111 Å². The predicted molar refractivity (Wildman–Crippen MR) is 120 cm³/mol. The minimum atomic E-state index is -0.659. The molecule has 3 fully saturated rings. The molecule has 0 spiro atoms. The number of esters is 1.